The van der Waals surface area contributed by atoms with Crippen LogP contribution in [-0.4, -0.2) is 35.2 Å². The number of amides is 4. The maximum atomic E-state index is 12.9. The number of aromatic nitrogens is 1. The topological polar surface area (TPSA) is 109 Å². The molecule has 0 radical (unpaired) electrons. The predicted octanol–water partition coefficient (Wildman–Crippen LogP) is 2.03. The Balaban J connectivity index is 2.36. The van der Waals surface area contributed by atoms with Crippen molar-refractivity contribution in [3.63, 3.8) is 0 Å². The Hall–Kier alpha value is -2.37. The second kappa shape index (κ2) is 6.41. The van der Waals surface area contributed by atoms with Gasteiger partial charge in [0.1, 0.15) is 5.60 Å². The summed E-state index contributed by atoms with van der Waals surface area (Å²) in [6.45, 7) is 5.67. The molecule has 3 N–H and O–H groups in total. The van der Waals surface area contributed by atoms with E-state index in [-0.39, 0.29) is 10.6 Å². The molecule has 2 heterocycles. The lowest BCUT2D eigenvalue weighted by Gasteiger charge is -2.26. The molecule has 1 atom stereocenters. The smallest absolute Gasteiger partial charge is 0.443 e. The molecular weight excluding hydrogens is 377 g/mol. The molecule has 0 spiro atoms. The van der Waals surface area contributed by atoms with Crippen molar-refractivity contribution in [1.29, 1.82) is 0 Å². The third kappa shape index (κ3) is 4.06. The third-order valence-electron chi connectivity index (χ3n) is 3.28. The zero-order chi connectivity index (χ0) is 19.9. The number of imide groups is 1. The number of urea groups is 1. The van der Waals surface area contributed by atoms with Crippen LogP contribution in [0.4, 0.5) is 22.8 Å². The molecule has 1 aliphatic rings. The fraction of sp³-hybridized carbons (Fsp3) is 0.571. The van der Waals surface area contributed by atoms with Gasteiger partial charge in [-0.1, -0.05) is 0 Å². The number of hydrogen-bond donors (Lipinski definition) is 3. The van der Waals surface area contributed by atoms with Gasteiger partial charge in [-0.2, -0.15) is 13.2 Å². The minimum absolute atomic E-state index is 0.0839. The van der Waals surface area contributed by atoms with Gasteiger partial charge < -0.3 is 15.4 Å². The average molecular weight is 394 g/mol. The SMILES string of the molecule is Cc1sc(C(F)(F)F)nc1C1(CNC(=O)OC(C)(C)C)NC(=O)NC1=O. The summed E-state index contributed by atoms with van der Waals surface area (Å²) in [6, 6.07) is -0.901. The van der Waals surface area contributed by atoms with Crippen LogP contribution < -0.4 is 16.0 Å². The maximum Gasteiger partial charge on any atom is 0.443 e. The molecule has 0 saturated carbocycles. The van der Waals surface area contributed by atoms with Gasteiger partial charge in [0.2, 0.25) is 0 Å². The molecule has 1 unspecified atom stereocenters. The van der Waals surface area contributed by atoms with Crippen molar-refractivity contribution in [2.75, 3.05) is 6.54 Å². The Morgan fingerprint density at radius 1 is 1.31 bits per heavy atom. The summed E-state index contributed by atoms with van der Waals surface area (Å²) in [5, 5.41) is 5.36. The van der Waals surface area contributed by atoms with Crippen molar-refractivity contribution in [3.8, 4) is 0 Å². The molecule has 1 saturated heterocycles. The Morgan fingerprint density at radius 2 is 1.92 bits per heavy atom. The van der Waals surface area contributed by atoms with E-state index in [0.29, 0.717) is 11.3 Å². The lowest BCUT2D eigenvalue weighted by atomic mass is 9.94. The molecule has 12 heteroatoms. The normalized spacial score (nSPS) is 20.6. The van der Waals surface area contributed by atoms with Gasteiger partial charge in [-0.15, -0.1) is 11.3 Å². The minimum atomic E-state index is -4.70. The monoisotopic (exact) mass is 394 g/mol. The van der Waals surface area contributed by atoms with Gasteiger partial charge >= 0.3 is 18.3 Å². The summed E-state index contributed by atoms with van der Waals surface area (Å²) < 4.78 is 43.8. The van der Waals surface area contributed by atoms with Gasteiger partial charge in [-0.3, -0.25) is 10.1 Å². The minimum Gasteiger partial charge on any atom is -0.444 e. The highest BCUT2D eigenvalue weighted by molar-refractivity contribution is 7.11. The molecule has 4 amide bonds. The molecular formula is C14H17F3N4O4S. The Morgan fingerprint density at radius 3 is 2.35 bits per heavy atom. The number of aryl methyl sites for hydroxylation is 1. The van der Waals surface area contributed by atoms with Crippen molar-refractivity contribution in [2.24, 2.45) is 0 Å². The quantitative estimate of drug-likeness (QED) is 0.680. The van der Waals surface area contributed by atoms with Crippen LogP contribution in [0.2, 0.25) is 0 Å². The van der Waals surface area contributed by atoms with Crippen molar-refractivity contribution >= 4 is 29.4 Å². The first-order valence-electron chi connectivity index (χ1n) is 7.40. The molecule has 144 valence electrons. The highest BCUT2D eigenvalue weighted by Gasteiger charge is 2.52. The lowest BCUT2D eigenvalue weighted by molar-refractivity contribution is -0.138. The number of alkyl carbamates (subject to hydrolysis) is 1. The number of hydrogen-bond acceptors (Lipinski definition) is 6. The van der Waals surface area contributed by atoms with E-state index in [2.05, 4.69) is 15.6 Å². The van der Waals surface area contributed by atoms with Crippen LogP contribution in [0.15, 0.2) is 0 Å². The summed E-state index contributed by atoms with van der Waals surface area (Å²) in [7, 11) is 0. The average Bonchev–Trinajstić information content (AvgIpc) is 2.95. The molecule has 2 rings (SSSR count). The maximum absolute atomic E-state index is 12.9. The first kappa shape index (κ1) is 19.9. The molecule has 1 aliphatic heterocycles. The van der Waals surface area contributed by atoms with Crippen LogP contribution >= 0.6 is 11.3 Å². The molecule has 0 bridgehead atoms. The molecule has 1 fully saturated rings. The van der Waals surface area contributed by atoms with E-state index < -0.39 is 46.9 Å². The van der Waals surface area contributed by atoms with Gasteiger partial charge in [0.25, 0.3) is 5.91 Å². The zero-order valence-electron chi connectivity index (χ0n) is 14.3. The number of halogens is 3. The van der Waals surface area contributed by atoms with Crippen LogP contribution in [0, 0.1) is 6.92 Å². The molecule has 1 aromatic rings. The zero-order valence-corrected chi connectivity index (χ0v) is 15.1. The number of carbonyl (C=O) groups is 3. The number of ether oxygens (including phenoxy) is 1. The van der Waals surface area contributed by atoms with Gasteiger partial charge in [0.15, 0.2) is 10.5 Å². The fourth-order valence-corrected chi connectivity index (χ4v) is 3.16. The number of nitrogens with one attached hydrogen (secondary N) is 3. The highest BCUT2D eigenvalue weighted by Crippen LogP contribution is 2.37. The van der Waals surface area contributed by atoms with E-state index in [1.165, 1.54) is 6.92 Å². The van der Waals surface area contributed by atoms with E-state index in [0.717, 1.165) is 0 Å². The lowest BCUT2D eigenvalue weighted by Crippen LogP contribution is -2.53. The highest BCUT2D eigenvalue weighted by atomic mass is 32.1. The molecule has 26 heavy (non-hydrogen) atoms. The van der Waals surface area contributed by atoms with Crippen molar-refractivity contribution < 1.29 is 32.3 Å². The van der Waals surface area contributed by atoms with Crippen LogP contribution in [0.5, 0.6) is 0 Å². The standard InChI is InChI=1S/C14H17F3N4O4S/c1-6-7(19-9(26-6)14(15,16)17)13(8(22)20-10(23)21-13)5-18-11(24)25-12(2,3)4/h5H2,1-4H3,(H,18,24)(H2,20,21,22,23). The van der Waals surface area contributed by atoms with Crippen LogP contribution in [0.1, 0.15) is 36.3 Å². The van der Waals surface area contributed by atoms with Gasteiger partial charge in [0, 0.05) is 4.88 Å². The number of rotatable bonds is 3. The first-order chi connectivity index (χ1) is 11.7. The molecule has 0 aromatic carbocycles. The molecule has 1 aromatic heterocycles. The number of nitrogens with zero attached hydrogens (tertiary/aromatic N) is 1. The van der Waals surface area contributed by atoms with Crippen molar-refractivity contribution in [2.45, 2.75) is 45.0 Å². The van der Waals surface area contributed by atoms with Gasteiger partial charge in [-0.05, 0) is 27.7 Å². The Bertz CT molecular complexity index is 756. The first-order valence-corrected chi connectivity index (χ1v) is 8.22. The number of carbonyl (C=O) groups excluding carboxylic acids is 3. The third-order valence-corrected chi connectivity index (χ3v) is 4.30. The van der Waals surface area contributed by atoms with E-state index >= 15 is 0 Å². The summed E-state index contributed by atoms with van der Waals surface area (Å²) >= 11 is 0.343. The van der Waals surface area contributed by atoms with Crippen molar-refractivity contribution in [1.82, 2.24) is 20.9 Å². The summed E-state index contributed by atoms with van der Waals surface area (Å²) in [6.07, 6.45) is -5.60. The second-order valence-corrected chi connectivity index (χ2v) is 7.79. The molecule has 8 nitrogen and oxygen atoms in total. The van der Waals surface area contributed by atoms with E-state index in [9.17, 15) is 27.6 Å². The Kier molecular flexibility index (Phi) is 4.92. The number of thiazole rings is 1. The van der Waals surface area contributed by atoms with Crippen LogP contribution in [-0.2, 0) is 21.2 Å². The van der Waals surface area contributed by atoms with Crippen LogP contribution in [0.3, 0.4) is 0 Å². The summed E-state index contributed by atoms with van der Waals surface area (Å²) in [4.78, 5) is 39.3. The summed E-state index contributed by atoms with van der Waals surface area (Å²) in [5.74, 6) is -0.916. The van der Waals surface area contributed by atoms with Gasteiger partial charge in [-0.25, -0.2) is 14.6 Å². The largest absolute Gasteiger partial charge is 0.444 e. The van der Waals surface area contributed by atoms with E-state index in [4.69, 9.17) is 4.74 Å². The fourth-order valence-electron chi connectivity index (χ4n) is 2.30. The van der Waals surface area contributed by atoms with Crippen LogP contribution in [0.25, 0.3) is 0 Å². The van der Waals surface area contributed by atoms with Gasteiger partial charge in [0.05, 0.1) is 12.2 Å². The number of alkyl halides is 3. The summed E-state index contributed by atoms with van der Waals surface area (Å²) in [5.41, 5.74) is -3.06. The van der Waals surface area contributed by atoms with E-state index in [1.807, 2.05) is 5.32 Å². The van der Waals surface area contributed by atoms with E-state index in [1.54, 1.807) is 20.8 Å². The predicted molar refractivity (Wildman–Crippen MR) is 84.4 cm³/mol. The second-order valence-electron chi connectivity index (χ2n) is 6.59. The Labute approximate surface area is 150 Å². The molecule has 0 aliphatic carbocycles. The van der Waals surface area contributed by atoms with Crippen molar-refractivity contribution in [3.05, 3.63) is 15.6 Å².